The van der Waals surface area contributed by atoms with Crippen LogP contribution in [0.25, 0.3) is 0 Å². The van der Waals surface area contributed by atoms with Crippen molar-refractivity contribution in [3.8, 4) is 0 Å². The van der Waals surface area contributed by atoms with Crippen LogP contribution in [0.2, 0.25) is 0 Å². The lowest BCUT2D eigenvalue weighted by Crippen LogP contribution is -2.43. The zero-order chi connectivity index (χ0) is 16.7. The van der Waals surface area contributed by atoms with Gasteiger partial charge in [0.05, 0.1) is 6.54 Å². The summed E-state index contributed by atoms with van der Waals surface area (Å²) in [6.45, 7) is 5.78. The van der Waals surface area contributed by atoms with Gasteiger partial charge in [-0.05, 0) is 38.1 Å². The molecule has 8 heteroatoms. The number of nitrogens with one attached hydrogen (secondary N) is 2. The van der Waals surface area contributed by atoms with Crippen molar-refractivity contribution in [3.05, 3.63) is 46.8 Å². The molecule has 24 heavy (non-hydrogen) atoms. The number of rotatable bonds is 6. The fourth-order valence-corrected chi connectivity index (χ4v) is 3.20. The topological polar surface area (TPSA) is 62.5 Å². The monoisotopic (exact) mass is 524 g/mol. The predicted octanol–water partition coefficient (Wildman–Crippen LogP) is 4.29. The third-order valence-electron chi connectivity index (χ3n) is 3.04. The molecule has 0 radical (unpaired) electrons. The first kappa shape index (κ1) is 21.3. The van der Waals surface area contributed by atoms with E-state index in [0.717, 1.165) is 22.7 Å². The molecule has 0 aliphatic carbocycles. The lowest BCUT2D eigenvalue weighted by Gasteiger charge is -2.25. The van der Waals surface area contributed by atoms with Crippen molar-refractivity contribution in [1.29, 1.82) is 0 Å². The van der Waals surface area contributed by atoms with Crippen LogP contribution in [0.3, 0.4) is 0 Å². The number of aromatic nitrogens is 1. The first-order valence-electron chi connectivity index (χ1n) is 7.27. The molecule has 0 aliphatic heterocycles. The summed E-state index contributed by atoms with van der Waals surface area (Å²) in [5.74, 6) is 0.748. The molecule has 1 aromatic carbocycles. The van der Waals surface area contributed by atoms with Crippen molar-refractivity contribution in [2.45, 2.75) is 30.0 Å². The molecule has 2 N–H and O–H groups in total. The molecule has 2 rings (SSSR count). The third kappa shape index (κ3) is 7.43. The Balaban J connectivity index is 0.00000288. The van der Waals surface area contributed by atoms with Crippen LogP contribution in [0.15, 0.2) is 55.5 Å². The average Bonchev–Trinajstić information content (AvgIpc) is 3.03. The minimum Gasteiger partial charge on any atom is -0.364 e. The molecular formula is C16H22BrIN4OS. The van der Waals surface area contributed by atoms with Crippen molar-refractivity contribution in [1.82, 2.24) is 15.8 Å². The molecule has 1 heterocycles. The molecule has 0 aliphatic rings. The van der Waals surface area contributed by atoms with Gasteiger partial charge in [-0.1, -0.05) is 21.1 Å². The summed E-state index contributed by atoms with van der Waals surface area (Å²) >= 11 is 5.29. The summed E-state index contributed by atoms with van der Waals surface area (Å²) in [5.41, 5.74) is 0.844. The Morgan fingerprint density at radius 1 is 1.25 bits per heavy atom. The summed E-state index contributed by atoms with van der Waals surface area (Å²) in [7, 11) is 1.76. The van der Waals surface area contributed by atoms with E-state index in [1.807, 2.05) is 17.8 Å². The molecule has 5 nitrogen and oxygen atoms in total. The summed E-state index contributed by atoms with van der Waals surface area (Å²) in [4.78, 5) is 5.47. The van der Waals surface area contributed by atoms with E-state index < -0.39 is 0 Å². The first-order valence-corrected chi connectivity index (χ1v) is 8.88. The van der Waals surface area contributed by atoms with Crippen LogP contribution in [-0.4, -0.2) is 29.5 Å². The molecule has 1 aromatic heterocycles. The maximum atomic E-state index is 4.81. The number of nitrogens with zero attached hydrogens (tertiary/aromatic N) is 2. The number of hydrogen-bond donors (Lipinski definition) is 2. The Hall–Kier alpha value is -0.740. The fraction of sp³-hybridized carbons (Fsp3) is 0.375. The standard InChI is InChI=1S/C16H21BrN4OS.HI/c1-16(2,23-14-6-4-12(17)5-7-14)11-20-15(18-3)19-10-13-8-9-22-21-13;/h4-9H,10-11H2,1-3H3,(H2,18,19,20);1H. The Kier molecular flexibility index (Phi) is 9.14. The van der Waals surface area contributed by atoms with Gasteiger partial charge in [-0.15, -0.1) is 35.7 Å². The molecule has 0 bridgehead atoms. The molecule has 0 unspecified atom stereocenters. The average molecular weight is 525 g/mol. The van der Waals surface area contributed by atoms with Gasteiger partial charge in [-0.2, -0.15) is 0 Å². The third-order valence-corrected chi connectivity index (χ3v) is 4.77. The van der Waals surface area contributed by atoms with Crippen LogP contribution in [0.5, 0.6) is 0 Å². The Labute approximate surface area is 172 Å². The van der Waals surface area contributed by atoms with Gasteiger partial charge in [0.2, 0.25) is 0 Å². The summed E-state index contributed by atoms with van der Waals surface area (Å²) in [6, 6.07) is 10.2. The number of halogens is 2. The zero-order valence-corrected chi connectivity index (χ0v) is 18.6. The zero-order valence-electron chi connectivity index (χ0n) is 13.9. The molecule has 0 spiro atoms. The van der Waals surface area contributed by atoms with Crippen LogP contribution in [0.1, 0.15) is 19.5 Å². The van der Waals surface area contributed by atoms with E-state index in [-0.39, 0.29) is 28.7 Å². The number of thioether (sulfide) groups is 1. The normalized spacial score (nSPS) is 11.8. The Morgan fingerprint density at radius 3 is 2.54 bits per heavy atom. The summed E-state index contributed by atoms with van der Waals surface area (Å²) < 4.78 is 5.93. The Morgan fingerprint density at radius 2 is 1.96 bits per heavy atom. The van der Waals surface area contributed by atoms with Crippen LogP contribution in [0, 0.1) is 0 Å². The lowest BCUT2D eigenvalue weighted by molar-refractivity contribution is 0.410. The second-order valence-corrected chi connectivity index (χ2v) is 8.28. The van der Waals surface area contributed by atoms with Gasteiger partial charge in [-0.25, -0.2) is 0 Å². The molecule has 0 atom stereocenters. The van der Waals surface area contributed by atoms with E-state index in [1.165, 1.54) is 4.90 Å². The highest BCUT2D eigenvalue weighted by atomic mass is 127. The van der Waals surface area contributed by atoms with Crippen molar-refractivity contribution in [2.75, 3.05) is 13.6 Å². The highest BCUT2D eigenvalue weighted by molar-refractivity contribution is 14.0. The van der Waals surface area contributed by atoms with Crippen molar-refractivity contribution >= 4 is 57.6 Å². The van der Waals surface area contributed by atoms with Crippen LogP contribution in [0.4, 0.5) is 0 Å². The van der Waals surface area contributed by atoms with Gasteiger partial charge in [-0.3, -0.25) is 4.99 Å². The predicted molar refractivity (Wildman–Crippen MR) is 114 cm³/mol. The van der Waals surface area contributed by atoms with Gasteiger partial charge < -0.3 is 15.2 Å². The minimum atomic E-state index is 0. The van der Waals surface area contributed by atoms with Gasteiger partial charge >= 0.3 is 0 Å². The molecule has 132 valence electrons. The molecule has 0 amide bonds. The van der Waals surface area contributed by atoms with Crippen molar-refractivity contribution < 1.29 is 4.52 Å². The van der Waals surface area contributed by atoms with Gasteiger partial charge in [0, 0.05) is 33.8 Å². The van der Waals surface area contributed by atoms with Crippen LogP contribution >= 0.6 is 51.7 Å². The van der Waals surface area contributed by atoms with Crippen molar-refractivity contribution in [2.24, 2.45) is 4.99 Å². The number of hydrogen-bond acceptors (Lipinski definition) is 4. The summed E-state index contributed by atoms with van der Waals surface area (Å²) in [6.07, 6.45) is 1.56. The van der Waals surface area contributed by atoms with Gasteiger partial charge in [0.25, 0.3) is 0 Å². The van der Waals surface area contributed by atoms with Crippen LogP contribution < -0.4 is 10.6 Å². The van der Waals surface area contributed by atoms with E-state index in [9.17, 15) is 0 Å². The van der Waals surface area contributed by atoms with Gasteiger partial charge in [0.1, 0.15) is 12.0 Å². The maximum absolute atomic E-state index is 4.81. The fourth-order valence-electron chi connectivity index (χ4n) is 1.88. The molecule has 0 fully saturated rings. The SMILES string of the molecule is CN=C(NCc1ccon1)NCC(C)(C)Sc1ccc(Br)cc1.I. The second kappa shape index (κ2) is 10.3. The minimum absolute atomic E-state index is 0. The number of benzene rings is 1. The quantitative estimate of drug-likeness (QED) is 0.255. The van der Waals surface area contributed by atoms with E-state index in [2.05, 4.69) is 74.8 Å². The van der Waals surface area contributed by atoms with E-state index >= 15 is 0 Å². The largest absolute Gasteiger partial charge is 0.364 e. The summed E-state index contributed by atoms with van der Waals surface area (Å²) in [5, 5.41) is 10.4. The maximum Gasteiger partial charge on any atom is 0.191 e. The smallest absolute Gasteiger partial charge is 0.191 e. The van der Waals surface area contributed by atoms with E-state index in [0.29, 0.717) is 6.54 Å². The number of guanidine groups is 1. The van der Waals surface area contributed by atoms with Crippen LogP contribution in [-0.2, 0) is 6.54 Å². The molecule has 2 aromatic rings. The molecule has 0 saturated carbocycles. The second-order valence-electron chi connectivity index (χ2n) is 5.59. The molecular weight excluding hydrogens is 503 g/mol. The van der Waals surface area contributed by atoms with Crippen molar-refractivity contribution in [3.63, 3.8) is 0 Å². The number of aliphatic imine (C=N–C) groups is 1. The lowest BCUT2D eigenvalue weighted by atomic mass is 10.2. The van der Waals surface area contributed by atoms with E-state index in [1.54, 1.807) is 13.3 Å². The first-order chi connectivity index (χ1) is 11.0. The van der Waals surface area contributed by atoms with Gasteiger partial charge in [0.15, 0.2) is 5.96 Å². The highest BCUT2D eigenvalue weighted by Gasteiger charge is 2.20. The highest BCUT2D eigenvalue weighted by Crippen LogP contribution is 2.32. The van der Waals surface area contributed by atoms with E-state index in [4.69, 9.17) is 4.52 Å². The molecule has 0 saturated heterocycles. The Bertz CT molecular complexity index is 632.